The van der Waals surface area contributed by atoms with E-state index in [0.29, 0.717) is 12.2 Å². The molecule has 0 heterocycles. The number of para-hydroxylation sites is 1. The molecule has 0 amide bonds. The molecule has 6 heteroatoms. The quantitative estimate of drug-likeness (QED) is 0.258. The van der Waals surface area contributed by atoms with Gasteiger partial charge in [0.05, 0.1) is 12.2 Å². The molecule has 6 nitrogen and oxygen atoms in total. The molecule has 0 saturated heterocycles. The van der Waals surface area contributed by atoms with Crippen molar-refractivity contribution in [3.8, 4) is 11.5 Å². The molecular formula is C12H16N2O4. The van der Waals surface area contributed by atoms with Crippen LogP contribution in [-0.2, 0) is 9.53 Å². The van der Waals surface area contributed by atoms with Gasteiger partial charge in [0, 0.05) is 14.0 Å². The number of hydrogen-bond donors (Lipinski definition) is 2. The van der Waals surface area contributed by atoms with Crippen molar-refractivity contribution in [3.05, 3.63) is 23.8 Å². The van der Waals surface area contributed by atoms with Crippen LogP contribution in [0.2, 0.25) is 0 Å². The maximum Gasteiger partial charge on any atom is 0.308 e. The topological polar surface area (TPSA) is 94.6 Å². The lowest BCUT2D eigenvalue weighted by molar-refractivity contribution is -0.132. The number of nitrogen functional groups attached to an aromatic ring is 1. The minimum absolute atomic E-state index is 0.156. The van der Waals surface area contributed by atoms with Gasteiger partial charge in [0.1, 0.15) is 12.4 Å². The predicted octanol–water partition coefficient (Wildman–Crippen LogP) is 0.921. The zero-order chi connectivity index (χ0) is 13.5. The molecule has 1 rings (SSSR count). The Morgan fingerprint density at radius 2 is 2.11 bits per heavy atom. The van der Waals surface area contributed by atoms with Crippen LogP contribution in [0, 0.1) is 5.41 Å². The summed E-state index contributed by atoms with van der Waals surface area (Å²) in [5, 5.41) is 7.46. The third-order valence-corrected chi connectivity index (χ3v) is 2.06. The number of carbonyl (C=O) groups excluding carboxylic acids is 1. The second-order valence-corrected chi connectivity index (χ2v) is 3.48. The van der Waals surface area contributed by atoms with Crippen molar-refractivity contribution >= 4 is 11.8 Å². The van der Waals surface area contributed by atoms with Crippen molar-refractivity contribution < 1.29 is 19.0 Å². The van der Waals surface area contributed by atoms with Crippen LogP contribution >= 0.6 is 0 Å². The Balaban J connectivity index is 3.04. The molecule has 0 fully saturated rings. The molecule has 0 aromatic heterocycles. The first kappa shape index (κ1) is 14.0. The van der Waals surface area contributed by atoms with Crippen LogP contribution in [0.1, 0.15) is 12.5 Å². The fourth-order valence-electron chi connectivity index (χ4n) is 1.34. The zero-order valence-corrected chi connectivity index (χ0v) is 10.4. The first-order valence-corrected chi connectivity index (χ1v) is 5.33. The van der Waals surface area contributed by atoms with Crippen molar-refractivity contribution in [2.45, 2.75) is 6.92 Å². The maximum absolute atomic E-state index is 11.0. The highest BCUT2D eigenvalue weighted by molar-refractivity contribution is 5.98. The number of methoxy groups -OCH3 is 1. The van der Waals surface area contributed by atoms with E-state index in [2.05, 4.69) is 0 Å². The van der Waals surface area contributed by atoms with E-state index in [-0.39, 0.29) is 23.9 Å². The smallest absolute Gasteiger partial charge is 0.308 e. The van der Waals surface area contributed by atoms with Crippen molar-refractivity contribution in [2.24, 2.45) is 5.73 Å². The summed E-state index contributed by atoms with van der Waals surface area (Å²) in [4.78, 5) is 11.0. The second-order valence-electron chi connectivity index (χ2n) is 3.48. The lowest BCUT2D eigenvalue weighted by Gasteiger charge is -2.14. The molecule has 0 aliphatic rings. The molecule has 1 aromatic rings. The normalized spacial score (nSPS) is 9.89. The molecule has 0 unspecified atom stereocenters. The lowest BCUT2D eigenvalue weighted by Crippen LogP contribution is -2.16. The number of ether oxygens (including phenoxy) is 3. The maximum atomic E-state index is 11.0. The molecule has 0 bridgehead atoms. The minimum atomic E-state index is -0.465. The molecule has 18 heavy (non-hydrogen) atoms. The molecular weight excluding hydrogens is 236 g/mol. The van der Waals surface area contributed by atoms with Crippen LogP contribution in [0.3, 0.4) is 0 Å². The Kier molecular flexibility index (Phi) is 5.13. The average molecular weight is 252 g/mol. The Morgan fingerprint density at radius 3 is 2.67 bits per heavy atom. The van der Waals surface area contributed by atoms with E-state index >= 15 is 0 Å². The summed E-state index contributed by atoms with van der Waals surface area (Å²) < 4.78 is 15.3. The number of carbonyl (C=O) groups is 1. The first-order valence-electron chi connectivity index (χ1n) is 5.33. The van der Waals surface area contributed by atoms with Gasteiger partial charge < -0.3 is 19.9 Å². The summed E-state index contributed by atoms with van der Waals surface area (Å²) in [7, 11) is 1.55. The number of esters is 1. The fourth-order valence-corrected chi connectivity index (χ4v) is 1.34. The molecule has 0 radical (unpaired) electrons. The van der Waals surface area contributed by atoms with E-state index in [1.807, 2.05) is 0 Å². The summed E-state index contributed by atoms with van der Waals surface area (Å²) in [5.41, 5.74) is 5.83. The molecule has 0 aliphatic carbocycles. The highest BCUT2D eigenvalue weighted by Crippen LogP contribution is 2.31. The van der Waals surface area contributed by atoms with Crippen molar-refractivity contribution in [3.63, 3.8) is 0 Å². The second kappa shape index (κ2) is 6.61. The number of amidine groups is 1. The van der Waals surface area contributed by atoms with E-state index < -0.39 is 5.97 Å². The van der Waals surface area contributed by atoms with Gasteiger partial charge in [-0.15, -0.1) is 0 Å². The first-order chi connectivity index (χ1) is 8.56. The SMILES string of the molecule is COCCOc1c(OC(C)=O)cccc1C(=N)N. The molecule has 0 saturated carbocycles. The van der Waals surface area contributed by atoms with Gasteiger partial charge in [0.2, 0.25) is 0 Å². The van der Waals surface area contributed by atoms with E-state index in [1.54, 1.807) is 25.3 Å². The minimum Gasteiger partial charge on any atom is -0.486 e. The van der Waals surface area contributed by atoms with Gasteiger partial charge in [-0.2, -0.15) is 0 Å². The Bertz CT molecular complexity index is 446. The van der Waals surface area contributed by atoms with Gasteiger partial charge in [0.15, 0.2) is 11.5 Å². The van der Waals surface area contributed by atoms with Crippen LogP contribution in [0.4, 0.5) is 0 Å². The number of nitrogens with two attached hydrogens (primary N) is 1. The van der Waals surface area contributed by atoms with Crippen LogP contribution < -0.4 is 15.2 Å². The van der Waals surface area contributed by atoms with E-state index in [0.717, 1.165) is 0 Å². The van der Waals surface area contributed by atoms with E-state index in [1.165, 1.54) is 6.92 Å². The largest absolute Gasteiger partial charge is 0.486 e. The summed E-state index contributed by atoms with van der Waals surface area (Å²) in [6.07, 6.45) is 0. The molecule has 3 N–H and O–H groups in total. The van der Waals surface area contributed by atoms with Crippen molar-refractivity contribution in [2.75, 3.05) is 20.3 Å². The average Bonchev–Trinajstić information content (AvgIpc) is 2.30. The number of rotatable bonds is 6. The van der Waals surface area contributed by atoms with Crippen LogP contribution in [0.15, 0.2) is 18.2 Å². The van der Waals surface area contributed by atoms with E-state index in [4.69, 9.17) is 25.4 Å². The zero-order valence-electron chi connectivity index (χ0n) is 10.4. The summed E-state index contributed by atoms with van der Waals surface area (Å²) in [6, 6.07) is 4.84. The monoisotopic (exact) mass is 252 g/mol. The van der Waals surface area contributed by atoms with E-state index in [9.17, 15) is 4.79 Å². The van der Waals surface area contributed by atoms with Crippen molar-refractivity contribution in [1.82, 2.24) is 0 Å². The van der Waals surface area contributed by atoms with Gasteiger partial charge in [-0.3, -0.25) is 10.2 Å². The fraction of sp³-hybridized carbons (Fsp3) is 0.333. The Morgan fingerprint density at radius 1 is 1.39 bits per heavy atom. The van der Waals surface area contributed by atoms with Crippen LogP contribution in [0.25, 0.3) is 0 Å². The standard InChI is InChI=1S/C12H16N2O4/c1-8(15)18-10-5-3-4-9(12(13)14)11(10)17-7-6-16-2/h3-5H,6-7H2,1-2H3,(H3,13,14). The molecule has 0 spiro atoms. The lowest BCUT2D eigenvalue weighted by atomic mass is 10.1. The van der Waals surface area contributed by atoms with Gasteiger partial charge in [-0.05, 0) is 12.1 Å². The highest BCUT2D eigenvalue weighted by atomic mass is 16.6. The summed E-state index contributed by atoms with van der Waals surface area (Å²) in [6.45, 7) is 1.94. The number of benzene rings is 1. The molecule has 1 aromatic carbocycles. The predicted molar refractivity (Wildman–Crippen MR) is 66.1 cm³/mol. The highest BCUT2D eigenvalue weighted by Gasteiger charge is 2.14. The molecule has 0 atom stereocenters. The summed E-state index contributed by atoms with van der Waals surface area (Å²) in [5.74, 6) is -0.104. The number of hydrogen-bond acceptors (Lipinski definition) is 5. The third kappa shape index (κ3) is 3.74. The third-order valence-electron chi connectivity index (χ3n) is 2.06. The van der Waals surface area contributed by atoms with Gasteiger partial charge in [-0.1, -0.05) is 6.07 Å². The Hall–Kier alpha value is -2.08. The van der Waals surface area contributed by atoms with Gasteiger partial charge in [0.25, 0.3) is 0 Å². The van der Waals surface area contributed by atoms with Gasteiger partial charge in [-0.25, -0.2) is 0 Å². The van der Waals surface area contributed by atoms with Gasteiger partial charge >= 0.3 is 5.97 Å². The van der Waals surface area contributed by atoms with Crippen LogP contribution in [-0.4, -0.2) is 32.1 Å². The Labute approximate surface area is 105 Å². The van der Waals surface area contributed by atoms with Crippen molar-refractivity contribution in [1.29, 1.82) is 5.41 Å². The molecule has 0 aliphatic heterocycles. The number of nitrogens with one attached hydrogen (secondary N) is 1. The van der Waals surface area contributed by atoms with Crippen LogP contribution in [0.5, 0.6) is 11.5 Å². The molecule has 98 valence electrons. The summed E-state index contributed by atoms with van der Waals surface area (Å²) >= 11 is 0.